The van der Waals surface area contributed by atoms with Gasteiger partial charge in [0.2, 0.25) is 0 Å². The molecule has 0 saturated heterocycles. The zero-order valence-electron chi connectivity index (χ0n) is 14.4. The molecule has 0 spiro atoms. The SMILES string of the molecule is O=C(O)c1ccc(/N=N/c2ccc(/N=N/c3ccc(C(=O)O)cc3)cc2)cc1. The summed E-state index contributed by atoms with van der Waals surface area (Å²) in [5.74, 6) is -1.99. The van der Waals surface area contributed by atoms with Crippen molar-refractivity contribution in [1.82, 2.24) is 0 Å². The van der Waals surface area contributed by atoms with E-state index in [1.54, 1.807) is 48.5 Å². The van der Waals surface area contributed by atoms with Crippen LogP contribution in [-0.4, -0.2) is 22.2 Å². The van der Waals surface area contributed by atoms with Crippen LogP contribution in [0.25, 0.3) is 0 Å². The molecule has 0 bridgehead atoms. The van der Waals surface area contributed by atoms with Crippen LogP contribution in [0.15, 0.2) is 93.3 Å². The van der Waals surface area contributed by atoms with Gasteiger partial charge in [0.1, 0.15) is 0 Å². The third kappa shape index (κ3) is 4.92. The molecule has 3 rings (SSSR count). The van der Waals surface area contributed by atoms with E-state index in [1.165, 1.54) is 24.3 Å². The van der Waals surface area contributed by atoms with Crippen LogP contribution in [0, 0.1) is 0 Å². The molecule has 2 N–H and O–H groups in total. The Balaban J connectivity index is 1.64. The molecule has 0 atom stereocenters. The smallest absolute Gasteiger partial charge is 0.335 e. The lowest BCUT2D eigenvalue weighted by molar-refractivity contribution is 0.0686. The fourth-order valence-corrected chi connectivity index (χ4v) is 2.16. The molecule has 0 aliphatic carbocycles. The molecule has 3 aromatic rings. The number of aromatic carboxylic acids is 2. The van der Waals surface area contributed by atoms with Crippen molar-refractivity contribution in [2.24, 2.45) is 20.5 Å². The first-order valence-electron chi connectivity index (χ1n) is 8.11. The Morgan fingerprint density at radius 3 is 0.893 bits per heavy atom. The molecule has 0 saturated carbocycles. The molecule has 0 aliphatic heterocycles. The Morgan fingerprint density at radius 2 is 0.679 bits per heavy atom. The highest BCUT2D eigenvalue weighted by atomic mass is 16.4. The van der Waals surface area contributed by atoms with Crippen LogP contribution in [0.1, 0.15) is 20.7 Å². The Bertz CT molecular complexity index is 955. The highest BCUT2D eigenvalue weighted by Crippen LogP contribution is 2.23. The fraction of sp³-hybridized carbons (Fsp3) is 0. The Hall–Kier alpha value is -4.20. The molecular formula is C20H14N4O4. The molecule has 0 heterocycles. The van der Waals surface area contributed by atoms with E-state index in [1.807, 2.05) is 0 Å². The van der Waals surface area contributed by atoms with Crippen LogP contribution >= 0.6 is 0 Å². The van der Waals surface area contributed by atoms with Crippen molar-refractivity contribution < 1.29 is 19.8 Å². The standard InChI is InChI=1S/C20H14N4O4/c25-19(26)13-1-5-15(6-2-13)21-23-17-9-11-18(12-10-17)24-22-16-7-3-14(4-8-16)20(27)28/h1-12H,(H,25,26)(H,27,28)/b23-21+,24-22+. The number of carboxylic acid groups (broad SMARTS) is 2. The van der Waals surface area contributed by atoms with E-state index in [2.05, 4.69) is 20.5 Å². The summed E-state index contributed by atoms with van der Waals surface area (Å²) in [5.41, 5.74) is 2.66. The minimum atomic E-state index is -0.994. The van der Waals surface area contributed by atoms with Crippen LogP contribution in [0.3, 0.4) is 0 Å². The lowest BCUT2D eigenvalue weighted by Gasteiger charge is -1.97. The van der Waals surface area contributed by atoms with Gasteiger partial charge in [0.05, 0.1) is 33.9 Å². The molecule has 28 heavy (non-hydrogen) atoms. The second-order valence-electron chi connectivity index (χ2n) is 5.62. The van der Waals surface area contributed by atoms with E-state index < -0.39 is 11.9 Å². The van der Waals surface area contributed by atoms with Gasteiger partial charge in [-0.2, -0.15) is 20.5 Å². The van der Waals surface area contributed by atoms with Crippen LogP contribution < -0.4 is 0 Å². The average Bonchev–Trinajstić information content (AvgIpc) is 2.72. The van der Waals surface area contributed by atoms with Crippen LogP contribution in [0.2, 0.25) is 0 Å². The maximum Gasteiger partial charge on any atom is 0.335 e. The van der Waals surface area contributed by atoms with Crippen molar-refractivity contribution in [3.63, 3.8) is 0 Å². The van der Waals surface area contributed by atoms with Crippen molar-refractivity contribution in [1.29, 1.82) is 0 Å². The zero-order valence-corrected chi connectivity index (χ0v) is 14.4. The van der Waals surface area contributed by atoms with Gasteiger partial charge in [0.25, 0.3) is 0 Å². The molecule has 8 heteroatoms. The minimum Gasteiger partial charge on any atom is -0.478 e. The van der Waals surface area contributed by atoms with Gasteiger partial charge in [0, 0.05) is 0 Å². The molecule has 0 aromatic heterocycles. The van der Waals surface area contributed by atoms with Gasteiger partial charge in [-0.05, 0) is 72.8 Å². The topological polar surface area (TPSA) is 124 Å². The lowest BCUT2D eigenvalue weighted by atomic mass is 10.2. The normalized spacial score (nSPS) is 11.1. The predicted octanol–water partition coefficient (Wildman–Crippen LogP) is 5.91. The second-order valence-corrected chi connectivity index (χ2v) is 5.62. The van der Waals surface area contributed by atoms with E-state index in [0.717, 1.165) is 0 Å². The van der Waals surface area contributed by atoms with Gasteiger partial charge in [-0.15, -0.1) is 0 Å². The number of rotatable bonds is 6. The monoisotopic (exact) mass is 374 g/mol. The van der Waals surface area contributed by atoms with Crippen LogP contribution in [0.4, 0.5) is 22.7 Å². The van der Waals surface area contributed by atoms with E-state index in [0.29, 0.717) is 22.7 Å². The summed E-state index contributed by atoms with van der Waals surface area (Å²) in [4.78, 5) is 21.6. The summed E-state index contributed by atoms with van der Waals surface area (Å²) in [7, 11) is 0. The Morgan fingerprint density at radius 1 is 0.464 bits per heavy atom. The number of carboxylic acids is 2. The van der Waals surface area contributed by atoms with E-state index in [-0.39, 0.29) is 11.1 Å². The molecule has 138 valence electrons. The van der Waals surface area contributed by atoms with Gasteiger partial charge in [-0.25, -0.2) is 9.59 Å². The number of nitrogens with zero attached hydrogens (tertiary/aromatic N) is 4. The highest BCUT2D eigenvalue weighted by molar-refractivity contribution is 5.88. The lowest BCUT2D eigenvalue weighted by Crippen LogP contribution is -1.93. The van der Waals surface area contributed by atoms with Crippen molar-refractivity contribution in [2.75, 3.05) is 0 Å². The molecule has 8 nitrogen and oxygen atoms in total. The van der Waals surface area contributed by atoms with Crippen molar-refractivity contribution in [3.05, 3.63) is 83.9 Å². The summed E-state index contributed by atoms with van der Waals surface area (Å²) in [6.45, 7) is 0. The molecule has 0 unspecified atom stereocenters. The minimum absolute atomic E-state index is 0.186. The van der Waals surface area contributed by atoms with Gasteiger partial charge < -0.3 is 10.2 Å². The summed E-state index contributed by atoms with van der Waals surface area (Å²) in [6, 6.07) is 19.0. The molecule has 0 amide bonds. The molecule has 0 fully saturated rings. The second kappa shape index (κ2) is 8.45. The Labute approximate surface area is 159 Å². The number of hydrogen-bond acceptors (Lipinski definition) is 6. The summed E-state index contributed by atoms with van der Waals surface area (Å²) in [6.07, 6.45) is 0. The van der Waals surface area contributed by atoms with Gasteiger partial charge in [0.15, 0.2) is 0 Å². The van der Waals surface area contributed by atoms with E-state index in [9.17, 15) is 9.59 Å². The number of azo groups is 2. The first-order valence-corrected chi connectivity index (χ1v) is 8.11. The number of hydrogen-bond donors (Lipinski definition) is 2. The maximum absolute atomic E-state index is 10.8. The van der Waals surface area contributed by atoms with Crippen LogP contribution in [0.5, 0.6) is 0 Å². The largest absolute Gasteiger partial charge is 0.478 e. The first kappa shape index (κ1) is 18.6. The molecule has 3 aromatic carbocycles. The first-order chi connectivity index (χ1) is 13.5. The fourth-order valence-electron chi connectivity index (χ4n) is 2.16. The summed E-state index contributed by atoms with van der Waals surface area (Å²) < 4.78 is 0. The van der Waals surface area contributed by atoms with Gasteiger partial charge >= 0.3 is 11.9 Å². The summed E-state index contributed by atoms with van der Waals surface area (Å²) >= 11 is 0. The average molecular weight is 374 g/mol. The van der Waals surface area contributed by atoms with Crippen LogP contribution in [-0.2, 0) is 0 Å². The summed E-state index contributed by atoms with van der Waals surface area (Å²) in [5, 5.41) is 34.0. The van der Waals surface area contributed by atoms with Crippen molar-refractivity contribution in [2.45, 2.75) is 0 Å². The third-order valence-corrected chi connectivity index (χ3v) is 3.64. The molecule has 0 radical (unpaired) electrons. The molecular weight excluding hydrogens is 360 g/mol. The van der Waals surface area contributed by atoms with E-state index >= 15 is 0 Å². The number of benzene rings is 3. The maximum atomic E-state index is 10.8. The van der Waals surface area contributed by atoms with Gasteiger partial charge in [-0.3, -0.25) is 0 Å². The van der Waals surface area contributed by atoms with Crippen molar-refractivity contribution >= 4 is 34.7 Å². The zero-order chi connectivity index (χ0) is 19.9. The quantitative estimate of drug-likeness (QED) is 0.520. The van der Waals surface area contributed by atoms with Gasteiger partial charge in [-0.1, -0.05) is 0 Å². The van der Waals surface area contributed by atoms with Crippen molar-refractivity contribution in [3.8, 4) is 0 Å². The Kier molecular flexibility index (Phi) is 5.61. The van der Waals surface area contributed by atoms with E-state index in [4.69, 9.17) is 10.2 Å². The molecule has 0 aliphatic rings. The highest BCUT2D eigenvalue weighted by Gasteiger charge is 2.02. The predicted molar refractivity (Wildman–Crippen MR) is 102 cm³/mol. The number of carbonyl (C=O) groups is 2. The third-order valence-electron chi connectivity index (χ3n) is 3.64.